The first kappa shape index (κ1) is 11.1. The van der Waals surface area contributed by atoms with Crippen LogP contribution in [-0.2, 0) is 7.05 Å². The van der Waals surface area contributed by atoms with E-state index in [9.17, 15) is 4.79 Å². The number of rotatable bonds is 5. The molecule has 1 saturated carbocycles. The molecule has 0 saturated heterocycles. The van der Waals surface area contributed by atoms with Crippen LogP contribution in [0.3, 0.4) is 0 Å². The van der Waals surface area contributed by atoms with Crippen LogP contribution in [0.15, 0.2) is 12.3 Å². The Labute approximate surface area is 95.4 Å². The number of aromatic nitrogens is 2. The lowest BCUT2D eigenvalue weighted by atomic mass is 10.4. The summed E-state index contributed by atoms with van der Waals surface area (Å²) in [5.41, 5.74) is 0.606. The third-order valence-electron chi connectivity index (χ3n) is 2.97. The van der Waals surface area contributed by atoms with Crippen LogP contribution in [0, 0.1) is 0 Å². The third-order valence-corrected chi connectivity index (χ3v) is 2.97. The van der Waals surface area contributed by atoms with Gasteiger partial charge in [0.05, 0.1) is 0 Å². The zero-order valence-electron chi connectivity index (χ0n) is 9.81. The lowest BCUT2D eigenvalue weighted by Crippen LogP contribution is -2.34. The average Bonchev–Trinajstić information content (AvgIpc) is 3.01. The molecule has 0 radical (unpaired) electrons. The second kappa shape index (κ2) is 4.65. The van der Waals surface area contributed by atoms with Crippen molar-refractivity contribution in [3.8, 4) is 0 Å². The second-order valence-electron chi connectivity index (χ2n) is 4.31. The van der Waals surface area contributed by atoms with Gasteiger partial charge in [-0.15, -0.1) is 0 Å². The maximum Gasteiger partial charge on any atom is 0.269 e. The molecule has 0 unspecified atom stereocenters. The molecule has 0 bridgehead atoms. The van der Waals surface area contributed by atoms with Crippen LogP contribution in [0.25, 0.3) is 0 Å². The van der Waals surface area contributed by atoms with E-state index in [0.29, 0.717) is 12.2 Å². The summed E-state index contributed by atoms with van der Waals surface area (Å²) in [4.78, 5) is 14.0. The highest BCUT2D eigenvalue weighted by Crippen LogP contribution is 2.24. The van der Waals surface area contributed by atoms with Gasteiger partial charge < -0.3 is 10.2 Å². The number of likely N-dealkylation sites (N-methyl/N-ethyl adjacent to an activating group) is 1. The Kier molecular flexibility index (Phi) is 3.24. The Morgan fingerprint density at radius 1 is 1.69 bits per heavy atom. The first-order valence-electron chi connectivity index (χ1n) is 5.65. The highest BCUT2D eigenvalue weighted by atomic mass is 16.2. The quantitative estimate of drug-likeness (QED) is 0.776. The zero-order chi connectivity index (χ0) is 11.5. The number of nitrogens with one attached hydrogen (secondary N) is 1. The summed E-state index contributed by atoms with van der Waals surface area (Å²) in [5, 5.41) is 6.86. The molecule has 0 aliphatic heterocycles. The van der Waals surface area contributed by atoms with Crippen LogP contribution in [0.4, 0.5) is 0 Å². The number of amides is 1. The number of carbonyl (C=O) groups is 1. The molecule has 1 aromatic heterocycles. The molecular formula is C11H18N4O. The first-order valence-corrected chi connectivity index (χ1v) is 5.65. The van der Waals surface area contributed by atoms with Gasteiger partial charge in [-0.25, -0.2) is 0 Å². The van der Waals surface area contributed by atoms with E-state index in [-0.39, 0.29) is 5.91 Å². The molecule has 5 heteroatoms. The van der Waals surface area contributed by atoms with Crippen molar-refractivity contribution in [2.75, 3.05) is 20.1 Å². The minimum Gasteiger partial charge on any atom is -0.349 e. The third kappa shape index (κ3) is 2.61. The molecule has 0 spiro atoms. The number of carbonyl (C=O) groups excluding carboxylic acids is 1. The fourth-order valence-electron chi connectivity index (χ4n) is 1.73. The SMILES string of the molecule is CN(CCNC(=O)c1ccnn1C)C1CC1. The van der Waals surface area contributed by atoms with E-state index < -0.39 is 0 Å². The Morgan fingerprint density at radius 2 is 2.44 bits per heavy atom. The van der Waals surface area contributed by atoms with Crippen LogP contribution in [0.5, 0.6) is 0 Å². The molecule has 16 heavy (non-hydrogen) atoms. The van der Waals surface area contributed by atoms with E-state index in [4.69, 9.17) is 0 Å². The van der Waals surface area contributed by atoms with Gasteiger partial charge in [0, 0.05) is 32.4 Å². The normalized spacial score (nSPS) is 15.4. The van der Waals surface area contributed by atoms with Crippen LogP contribution < -0.4 is 5.32 Å². The highest BCUT2D eigenvalue weighted by Gasteiger charge is 2.25. The number of aryl methyl sites for hydroxylation is 1. The lowest BCUT2D eigenvalue weighted by Gasteiger charge is -2.15. The molecule has 1 aliphatic carbocycles. The first-order chi connectivity index (χ1) is 7.68. The van der Waals surface area contributed by atoms with E-state index >= 15 is 0 Å². The van der Waals surface area contributed by atoms with Gasteiger partial charge >= 0.3 is 0 Å². The van der Waals surface area contributed by atoms with Crippen molar-refractivity contribution in [2.24, 2.45) is 7.05 Å². The van der Waals surface area contributed by atoms with Crippen molar-refractivity contribution in [1.29, 1.82) is 0 Å². The summed E-state index contributed by atoms with van der Waals surface area (Å²) in [6.45, 7) is 1.60. The number of hydrogen-bond donors (Lipinski definition) is 1. The standard InChI is InChI=1S/C11H18N4O/c1-14(9-3-4-9)8-7-12-11(16)10-5-6-13-15(10)2/h5-6,9H,3-4,7-8H2,1-2H3,(H,12,16). The predicted octanol–water partition coefficient (Wildman–Crippen LogP) is 0.244. The van der Waals surface area contributed by atoms with Crippen LogP contribution in [0.1, 0.15) is 23.3 Å². The maximum atomic E-state index is 11.7. The van der Waals surface area contributed by atoms with E-state index in [1.54, 1.807) is 24.0 Å². The van der Waals surface area contributed by atoms with Crippen molar-refractivity contribution in [3.05, 3.63) is 18.0 Å². The van der Waals surface area contributed by atoms with Gasteiger partial charge in [0.1, 0.15) is 5.69 Å². The van der Waals surface area contributed by atoms with Gasteiger partial charge in [-0.2, -0.15) is 5.10 Å². The molecule has 1 aliphatic rings. The Hall–Kier alpha value is -1.36. The molecule has 1 N–H and O–H groups in total. The second-order valence-corrected chi connectivity index (χ2v) is 4.31. The smallest absolute Gasteiger partial charge is 0.269 e. The fourth-order valence-corrected chi connectivity index (χ4v) is 1.73. The molecule has 1 heterocycles. The summed E-state index contributed by atoms with van der Waals surface area (Å²) in [7, 11) is 3.87. The van der Waals surface area contributed by atoms with Crippen molar-refractivity contribution in [2.45, 2.75) is 18.9 Å². The van der Waals surface area contributed by atoms with E-state index in [2.05, 4.69) is 22.4 Å². The van der Waals surface area contributed by atoms with Gasteiger partial charge in [-0.1, -0.05) is 0 Å². The Bertz CT molecular complexity index is 370. The molecule has 0 atom stereocenters. The van der Waals surface area contributed by atoms with Crippen LogP contribution in [-0.4, -0.2) is 46.8 Å². The molecule has 0 aromatic carbocycles. The van der Waals surface area contributed by atoms with E-state index in [1.165, 1.54) is 12.8 Å². The van der Waals surface area contributed by atoms with Crippen molar-refractivity contribution >= 4 is 5.91 Å². The maximum absolute atomic E-state index is 11.7. The van der Waals surface area contributed by atoms with Gasteiger partial charge in [0.15, 0.2) is 0 Å². The van der Waals surface area contributed by atoms with Gasteiger partial charge in [-0.3, -0.25) is 9.48 Å². The van der Waals surface area contributed by atoms with Crippen LogP contribution in [0.2, 0.25) is 0 Å². The van der Waals surface area contributed by atoms with Crippen molar-refractivity contribution in [1.82, 2.24) is 20.0 Å². The van der Waals surface area contributed by atoms with Crippen molar-refractivity contribution in [3.63, 3.8) is 0 Å². The van der Waals surface area contributed by atoms with Crippen molar-refractivity contribution < 1.29 is 4.79 Å². The summed E-state index contributed by atoms with van der Waals surface area (Å²) >= 11 is 0. The number of nitrogens with zero attached hydrogens (tertiary/aromatic N) is 3. The fraction of sp³-hybridized carbons (Fsp3) is 0.636. The van der Waals surface area contributed by atoms with E-state index in [0.717, 1.165) is 12.6 Å². The summed E-state index contributed by atoms with van der Waals surface area (Å²) in [6, 6.07) is 2.47. The topological polar surface area (TPSA) is 50.2 Å². The highest BCUT2D eigenvalue weighted by molar-refractivity contribution is 5.92. The van der Waals surface area contributed by atoms with E-state index in [1.807, 2.05) is 0 Å². The monoisotopic (exact) mass is 222 g/mol. The summed E-state index contributed by atoms with van der Waals surface area (Å²) < 4.78 is 1.58. The Balaban J connectivity index is 1.73. The number of hydrogen-bond acceptors (Lipinski definition) is 3. The molecule has 88 valence electrons. The van der Waals surface area contributed by atoms with Crippen LogP contribution >= 0.6 is 0 Å². The molecule has 1 aromatic rings. The minimum absolute atomic E-state index is 0.0517. The average molecular weight is 222 g/mol. The van der Waals surface area contributed by atoms with Gasteiger partial charge in [0.25, 0.3) is 5.91 Å². The van der Waals surface area contributed by atoms with Gasteiger partial charge in [-0.05, 0) is 26.0 Å². The molecule has 1 amide bonds. The molecular weight excluding hydrogens is 204 g/mol. The molecule has 1 fully saturated rings. The largest absolute Gasteiger partial charge is 0.349 e. The predicted molar refractivity (Wildman–Crippen MR) is 61.2 cm³/mol. The van der Waals surface area contributed by atoms with Gasteiger partial charge in [0.2, 0.25) is 0 Å². The Morgan fingerprint density at radius 3 is 3.00 bits per heavy atom. The summed E-state index contributed by atoms with van der Waals surface area (Å²) in [5.74, 6) is -0.0517. The minimum atomic E-state index is -0.0517. The lowest BCUT2D eigenvalue weighted by molar-refractivity contribution is 0.0940. The summed E-state index contributed by atoms with van der Waals surface area (Å²) in [6.07, 6.45) is 4.23. The molecule has 2 rings (SSSR count). The molecule has 5 nitrogen and oxygen atoms in total. The zero-order valence-corrected chi connectivity index (χ0v) is 9.81.